The molecule has 0 saturated carbocycles. The molecule has 0 unspecified atom stereocenters. The Morgan fingerprint density at radius 3 is 2.58 bits per heavy atom. The number of aromatic nitrogens is 2. The highest BCUT2D eigenvalue weighted by Crippen LogP contribution is 2.32. The van der Waals surface area contributed by atoms with Gasteiger partial charge in [-0.05, 0) is 23.8 Å². The number of thiazole rings is 1. The molecule has 0 fully saturated rings. The van der Waals surface area contributed by atoms with Crippen molar-refractivity contribution < 1.29 is 0 Å². The van der Waals surface area contributed by atoms with Gasteiger partial charge in [-0.25, -0.2) is 9.38 Å². The summed E-state index contributed by atoms with van der Waals surface area (Å²) in [5.74, 6) is 0. The Hall–Kier alpha value is -2.65. The van der Waals surface area contributed by atoms with Gasteiger partial charge < -0.3 is 0 Å². The van der Waals surface area contributed by atoms with E-state index in [-0.39, 0.29) is 11.3 Å². The summed E-state index contributed by atoms with van der Waals surface area (Å²) in [7, 11) is 0. The lowest BCUT2D eigenvalue weighted by Crippen LogP contribution is -2.19. The van der Waals surface area contributed by atoms with Gasteiger partial charge in [-0.3, -0.25) is 4.79 Å². The van der Waals surface area contributed by atoms with Crippen LogP contribution in [0.15, 0.2) is 58.7 Å². The first kappa shape index (κ1) is 16.8. The minimum Gasteiger partial charge on any atom is -0.267 e. The summed E-state index contributed by atoms with van der Waals surface area (Å²) in [6.07, 6.45) is 0. The first-order valence-corrected chi connectivity index (χ1v) is 9.19. The van der Waals surface area contributed by atoms with E-state index in [0.717, 1.165) is 5.56 Å². The average Bonchev–Trinajstić information content (AvgIpc) is 3.07. The van der Waals surface area contributed by atoms with Crippen molar-refractivity contribution in [2.45, 2.75) is 0 Å². The van der Waals surface area contributed by atoms with E-state index < -0.39 is 5.56 Å². The maximum Gasteiger partial charge on any atom is 0.277 e. The van der Waals surface area contributed by atoms with Crippen LogP contribution in [0.5, 0.6) is 0 Å². The minimum absolute atomic E-state index is 0.0534. The van der Waals surface area contributed by atoms with Gasteiger partial charge in [0.25, 0.3) is 5.56 Å². The third kappa shape index (κ3) is 2.69. The molecule has 0 aliphatic heterocycles. The van der Waals surface area contributed by atoms with E-state index in [4.69, 9.17) is 23.2 Å². The van der Waals surface area contributed by atoms with Crippen molar-refractivity contribution in [2.24, 2.45) is 0 Å². The number of rotatable bonds is 2. The molecule has 126 valence electrons. The highest BCUT2D eigenvalue weighted by molar-refractivity contribution is 7.15. The van der Waals surface area contributed by atoms with Crippen LogP contribution in [0.4, 0.5) is 0 Å². The molecule has 0 radical (unpaired) electrons. The molecule has 4 rings (SSSR count). The molecular formula is C19H9Cl2N3OS. The van der Waals surface area contributed by atoms with Gasteiger partial charge in [-0.2, -0.15) is 5.26 Å². The zero-order valence-corrected chi connectivity index (χ0v) is 15.4. The van der Waals surface area contributed by atoms with Gasteiger partial charge in [0.2, 0.25) is 0 Å². The van der Waals surface area contributed by atoms with E-state index in [2.05, 4.69) is 4.98 Å². The summed E-state index contributed by atoms with van der Waals surface area (Å²) in [5.41, 5.74) is 1.88. The maximum atomic E-state index is 13.0. The number of fused-ring (bicyclic) bond motifs is 1. The summed E-state index contributed by atoms with van der Waals surface area (Å²) in [5, 5.41) is 12.3. The van der Waals surface area contributed by atoms with Crippen LogP contribution in [0.3, 0.4) is 0 Å². The normalized spacial score (nSPS) is 10.8. The molecule has 4 nitrogen and oxygen atoms in total. The Kier molecular flexibility index (Phi) is 4.25. The number of nitriles is 1. The van der Waals surface area contributed by atoms with Gasteiger partial charge in [0, 0.05) is 16.0 Å². The lowest BCUT2D eigenvalue weighted by Gasteiger charge is -2.08. The molecule has 2 heterocycles. The summed E-state index contributed by atoms with van der Waals surface area (Å²) in [6.45, 7) is 0. The fourth-order valence-corrected chi connectivity index (χ4v) is 4.12. The zero-order chi connectivity index (χ0) is 18.3. The van der Waals surface area contributed by atoms with Crippen molar-refractivity contribution in [2.75, 3.05) is 0 Å². The number of nitrogens with zero attached hydrogens (tertiary/aromatic N) is 3. The molecule has 0 spiro atoms. The lowest BCUT2D eigenvalue weighted by molar-refractivity contribution is 1.07. The van der Waals surface area contributed by atoms with E-state index in [9.17, 15) is 10.1 Å². The van der Waals surface area contributed by atoms with Crippen LogP contribution in [-0.2, 0) is 0 Å². The smallest absolute Gasteiger partial charge is 0.267 e. The second-order valence-electron chi connectivity index (χ2n) is 5.48. The van der Waals surface area contributed by atoms with Crippen molar-refractivity contribution in [1.29, 1.82) is 5.26 Å². The largest absolute Gasteiger partial charge is 0.277 e. The quantitative estimate of drug-likeness (QED) is 0.462. The van der Waals surface area contributed by atoms with E-state index in [1.165, 1.54) is 15.7 Å². The molecule has 0 N–H and O–H groups in total. The van der Waals surface area contributed by atoms with Crippen molar-refractivity contribution >= 4 is 39.5 Å². The Balaban J connectivity index is 2.04. The average molecular weight is 398 g/mol. The first-order valence-electron chi connectivity index (χ1n) is 7.55. The summed E-state index contributed by atoms with van der Waals surface area (Å²) >= 11 is 13.5. The van der Waals surface area contributed by atoms with E-state index in [1.54, 1.807) is 18.2 Å². The van der Waals surface area contributed by atoms with Gasteiger partial charge in [0.05, 0.1) is 16.4 Å². The second kappa shape index (κ2) is 6.58. The van der Waals surface area contributed by atoms with Gasteiger partial charge in [0.1, 0.15) is 11.6 Å². The Morgan fingerprint density at radius 1 is 1.12 bits per heavy atom. The monoisotopic (exact) mass is 397 g/mol. The molecule has 7 heteroatoms. The standard InChI is InChI=1S/C19H9Cl2N3OS/c20-12-6-7-13(15(21)8-12)17-14(9-22)18(25)24-16(10-26-19(24)23-17)11-4-2-1-3-5-11/h1-8,10H. The predicted octanol–water partition coefficient (Wildman–Crippen LogP) is 5.27. The topological polar surface area (TPSA) is 58.2 Å². The van der Waals surface area contributed by atoms with Crippen LogP contribution in [0, 0.1) is 11.3 Å². The SMILES string of the molecule is N#Cc1c(-c2ccc(Cl)cc2Cl)nc2scc(-c3ccccc3)n2c1=O. The highest BCUT2D eigenvalue weighted by atomic mass is 35.5. The molecule has 2 aromatic carbocycles. The summed E-state index contributed by atoms with van der Waals surface area (Å²) in [6, 6.07) is 16.4. The Labute approximate surface area is 162 Å². The van der Waals surface area contributed by atoms with Gasteiger partial charge >= 0.3 is 0 Å². The fraction of sp³-hybridized carbons (Fsp3) is 0. The molecule has 0 amide bonds. The van der Waals surface area contributed by atoms with Crippen molar-refractivity contribution in [3.8, 4) is 28.6 Å². The third-order valence-electron chi connectivity index (χ3n) is 3.94. The minimum atomic E-state index is -0.418. The van der Waals surface area contributed by atoms with Crippen LogP contribution in [-0.4, -0.2) is 9.38 Å². The Bertz CT molecular complexity index is 1240. The number of benzene rings is 2. The number of halogens is 2. The maximum absolute atomic E-state index is 13.0. The second-order valence-corrected chi connectivity index (χ2v) is 7.16. The predicted molar refractivity (Wildman–Crippen MR) is 105 cm³/mol. The third-order valence-corrected chi connectivity index (χ3v) is 5.31. The van der Waals surface area contributed by atoms with Gasteiger partial charge in [-0.1, -0.05) is 53.5 Å². The van der Waals surface area contributed by atoms with Crippen LogP contribution < -0.4 is 5.56 Å². The molecule has 0 atom stereocenters. The van der Waals surface area contributed by atoms with Crippen LogP contribution in [0.1, 0.15) is 5.56 Å². The van der Waals surface area contributed by atoms with E-state index >= 15 is 0 Å². The van der Waals surface area contributed by atoms with Gasteiger partial charge in [-0.15, -0.1) is 11.3 Å². The summed E-state index contributed by atoms with van der Waals surface area (Å²) in [4.78, 5) is 18.1. The molecular weight excluding hydrogens is 389 g/mol. The fourth-order valence-electron chi connectivity index (χ4n) is 2.74. The number of hydrogen-bond acceptors (Lipinski definition) is 4. The van der Waals surface area contributed by atoms with Crippen molar-refractivity contribution in [3.05, 3.63) is 79.9 Å². The van der Waals surface area contributed by atoms with Crippen LogP contribution >= 0.6 is 34.5 Å². The number of hydrogen-bond donors (Lipinski definition) is 0. The Morgan fingerprint density at radius 2 is 1.88 bits per heavy atom. The molecule has 26 heavy (non-hydrogen) atoms. The van der Waals surface area contributed by atoms with Crippen LogP contribution in [0.25, 0.3) is 27.5 Å². The first-order chi connectivity index (χ1) is 12.6. The highest BCUT2D eigenvalue weighted by Gasteiger charge is 2.19. The summed E-state index contributed by atoms with van der Waals surface area (Å²) < 4.78 is 1.46. The van der Waals surface area contributed by atoms with Gasteiger partial charge in [0.15, 0.2) is 4.96 Å². The van der Waals surface area contributed by atoms with E-state index in [1.807, 2.05) is 41.8 Å². The van der Waals surface area contributed by atoms with Crippen LogP contribution in [0.2, 0.25) is 10.0 Å². The molecule has 2 aromatic heterocycles. The molecule has 4 aromatic rings. The molecule has 0 aliphatic carbocycles. The van der Waals surface area contributed by atoms with Crippen molar-refractivity contribution in [1.82, 2.24) is 9.38 Å². The molecule has 0 saturated heterocycles. The molecule has 0 aliphatic rings. The zero-order valence-electron chi connectivity index (χ0n) is 13.1. The lowest BCUT2D eigenvalue weighted by atomic mass is 10.1. The van der Waals surface area contributed by atoms with Crippen molar-refractivity contribution in [3.63, 3.8) is 0 Å². The van der Waals surface area contributed by atoms with E-state index in [0.29, 0.717) is 26.3 Å². The molecule has 0 bridgehead atoms.